The third-order valence-corrected chi connectivity index (χ3v) is 6.48. The van der Waals surface area contributed by atoms with Gasteiger partial charge in [0.25, 0.3) is 0 Å². The zero-order chi connectivity index (χ0) is 17.3. The highest BCUT2D eigenvalue weighted by molar-refractivity contribution is 7.89. The lowest BCUT2D eigenvalue weighted by Crippen LogP contribution is -2.51. The maximum atomic E-state index is 12.5. The lowest BCUT2D eigenvalue weighted by atomic mass is 9.93. The van der Waals surface area contributed by atoms with Gasteiger partial charge < -0.3 is 5.32 Å². The summed E-state index contributed by atoms with van der Waals surface area (Å²) in [6.07, 6.45) is 3.49. The minimum absolute atomic E-state index is 0.239. The summed E-state index contributed by atoms with van der Waals surface area (Å²) >= 11 is 0. The molecule has 0 spiro atoms. The van der Waals surface area contributed by atoms with Gasteiger partial charge in [-0.25, -0.2) is 8.42 Å². The van der Waals surface area contributed by atoms with Gasteiger partial charge in [0.15, 0.2) is 0 Å². The number of piperidine rings is 1. The second-order valence-electron chi connectivity index (χ2n) is 6.67. The summed E-state index contributed by atoms with van der Waals surface area (Å²) in [7, 11) is -3.44. The van der Waals surface area contributed by atoms with Crippen molar-refractivity contribution < 1.29 is 8.42 Å². The van der Waals surface area contributed by atoms with Crippen LogP contribution in [0.15, 0.2) is 53.6 Å². The Balaban J connectivity index is 1.40. The van der Waals surface area contributed by atoms with E-state index < -0.39 is 10.0 Å². The predicted molar refractivity (Wildman–Crippen MR) is 96.4 cm³/mol. The number of hydrogen-bond donors (Lipinski definition) is 2. The quantitative estimate of drug-likeness (QED) is 0.878. The largest absolute Gasteiger partial charge is 0.368 e. The van der Waals surface area contributed by atoms with Crippen LogP contribution in [0.5, 0.6) is 0 Å². The van der Waals surface area contributed by atoms with E-state index in [1.54, 1.807) is 12.1 Å². The Bertz CT molecular complexity index is 833. The van der Waals surface area contributed by atoms with Crippen LogP contribution in [-0.2, 0) is 16.6 Å². The summed E-state index contributed by atoms with van der Waals surface area (Å²) in [5, 5.41) is 3.37. The molecule has 0 radical (unpaired) electrons. The molecule has 1 saturated heterocycles. The van der Waals surface area contributed by atoms with Crippen LogP contribution in [0.25, 0.3) is 0 Å². The molecule has 25 heavy (non-hydrogen) atoms. The molecular weight excluding hydrogens is 336 g/mol. The van der Waals surface area contributed by atoms with Crippen LogP contribution >= 0.6 is 0 Å². The number of hydrogen-bond acceptors (Lipinski definition) is 5. The normalized spacial score (nSPS) is 23.6. The number of rotatable bonds is 3. The number of aromatic nitrogens is 1. The number of nitrogens with one attached hydrogen (secondary N) is 2. The molecule has 4 rings (SSSR count). The molecule has 0 bridgehead atoms. The Morgan fingerprint density at radius 2 is 1.84 bits per heavy atom. The highest BCUT2D eigenvalue weighted by Crippen LogP contribution is 2.30. The molecule has 1 atom stereocenters. The van der Waals surface area contributed by atoms with E-state index in [4.69, 9.17) is 0 Å². The van der Waals surface area contributed by atoms with Crippen molar-refractivity contribution in [3.05, 3.63) is 54.4 Å². The average Bonchev–Trinajstić information content (AvgIpc) is 2.63. The van der Waals surface area contributed by atoms with Gasteiger partial charge in [-0.2, -0.15) is 4.72 Å². The molecule has 0 unspecified atom stereocenters. The summed E-state index contributed by atoms with van der Waals surface area (Å²) in [6.45, 7) is 2.74. The van der Waals surface area contributed by atoms with E-state index in [9.17, 15) is 8.42 Å². The summed E-state index contributed by atoms with van der Waals surface area (Å²) in [5.74, 6) is 0.281. The van der Waals surface area contributed by atoms with Gasteiger partial charge in [0.05, 0.1) is 17.5 Å². The zero-order valence-corrected chi connectivity index (χ0v) is 14.7. The van der Waals surface area contributed by atoms with Crippen molar-refractivity contribution in [2.75, 3.05) is 18.4 Å². The van der Waals surface area contributed by atoms with Gasteiger partial charge in [0.2, 0.25) is 10.0 Å². The third kappa shape index (κ3) is 3.53. The molecule has 0 aliphatic carbocycles. The van der Waals surface area contributed by atoms with Crippen molar-refractivity contribution in [1.82, 2.24) is 14.6 Å². The van der Waals surface area contributed by atoms with E-state index in [-0.39, 0.29) is 12.1 Å². The topological polar surface area (TPSA) is 74.3 Å². The first-order chi connectivity index (χ1) is 12.1. The van der Waals surface area contributed by atoms with E-state index in [0.29, 0.717) is 10.6 Å². The van der Waals surface area contributed by atoms with Crippen molar-refractivity contribution in [3.8, 4) is 0 Å². The first kappa shape index (κ1) is 16.5. The first-order valence-corrected chi connectivity index (χ1v) is 10.1. The van der Waals surface area contributed by atoms with Crippen molar-refractivity contribution in [2.45, 2.75) is 30.4 Å². The SMILES string of the molecule is O=S1(=O)N[C@@H](C2CCN(Cc3ccccn3)CC2)Nc2ccccc21. The molecule has 3 heterocycles. The molecule has 2 N–H and O–H groups in total. The average molecular weight is 358 g/mol. The second kappa shape index (κ2) is 6.74. The maximum Gasteiger partial charge on any atom is 0.244 e. The number of sulfonamides is 1. The van der Waals surface area contributed by atoms with Crippen LogP contribution in [0.1, 0.15) is 18.5 Å². The number of likely N-dealkylation sites (tertiary alicyclic amines) is 1. The number of benzene rings is 1. The van der Waals surface area contributed by atoms with Gasteiger partial charge >= 0.3 is 0 Å². The van der Waals surface area contributed by atoms with Crippen molar-refractivity contribution in [3.63, 3.8) is 0 Å². The molecule has 7 heteroatoms. The molecule has 0 saturated carbocycles. The van der Waals surface area contributed by atoms with Crippen molar-refractivity contribution in [2.24, 2.45) is 5.92 Å². The number of para-hydroxylation sites is 1. The van der Waals surface area contributed by atoms with Gasteiger partial charge in [-0.05, 0) is 56.1 Å². The van der Waals surface area contributed by atoms with Crippen LogP contribution in [0.2, 0.25) is 0 Å². The molecule has 6 nitrogen and oxygen atoms in total. The van der Waals surface area contributed by atoms with Gasteiger partial charge in [0.1, 0.15) is 4.90 Å². The Morgan fingerprint density at radius 3 is 2.60 bits per heavy atom. The summed E-state index contributed by atoms with van der Waals surface area (Å²) in [6, 6.07) is 13.0. The first-order valence-electron chi connectivity index (χ1n) is 8.62. The summed E-state index contributed by atoms with van der Waals surface area (Å²) in [5.41, 5.74) is 1.77. The molecule has 2 aliphatic heterocycles. The Labute approximate surface area is 148 Å². The molecular formula is C18H22N4O2S. The van der Waals surface area contributed by atoms with E-state index in [1.165, 1.54) is 0 Å². The number of anilines is 1. The monoisotopic (exact) mass is 358 g/mol. The third-order valence-electron chi connectivity index (χ3n) is 4.99. The minimum atomic E-state index is -3.44. The van der Waals surface area contributed by atoms with Crippen molar-refractivity contribution >= 4 is 15.7 Å². The standard InChI is InChI=1S/C18H22N4O2S/c23-25(24)17-7-2-1-6-16(17)20-18(21-25)14-8-11-22(12-9-14)13-15-5-3-4-10-19-15/h1-7,10,14,18,20-21H,8-9,11-13H2/t18-/m0/s1. The summed E-state index contributed by atoms with van der Waals surface area (Å²) < 4.78 is 27.7. The van der Waals surface area contributed by atoms with E-state index >= 15 is 0 Å². The maximum absolute atomic E-state index is 12.5. The molecule has 0 amide bonds. The Hall–Kier alpha value is -1.96. The Kier molecular flexibility index (Phi) is 4.45. The fraction of sp³-hybridized carbons (Fsp3) is 0.389. The lowest BCUT2D eigenvalue weighted by molar-refractivity contribution is 0.162. The number of fused-ring (bicyclic) bond motifs is 1. The zero-order valence-electron chi connectivity index (χ0n) is 13.9. The molecule has 1 aromatic heterocycles. The van der Waals surface area contributed by atoms with Crippen LogP contribution in [0.3, 0.4) is 0 Å². The highest BCUT2D eigenvalue weighted by Gasteiger charge is 2.35. The van der Waals surface area contributed by atoms with E-state index in [1.807, 2.05) is 36.5 Å². The van der Waals surface area contributed by atoms with Crippen LogP contribution in [-0.4, -0.2) is 37.6 Å². The van der Waals surface area contributed by atoms with Crippen molar-refractivity contribution in [1.29, 1.82) is 0 Å². The molecule has 1 aromatic carbocycles. The molecule has 132 valence electrons. The molecule has 1 fully saturated rings. The van der Waals surface area contributed by atoms with Gasteiger partial charge in [-0.3, -0.25) is 9.88 Å². The van der Waals surface area contributed by atoms with Crippen LogP contribution < -0.4 is 10.0 Å². The van der Waals surface area contributed by atoms with Gasteiger partial charge in [-0.15, -0.1) is 0 Å². The fourth-order valence-electron chi connectivity index (χ4n) is 3.63. The highest BCUT2D eigenvalue weighted by atomic mass is 32.2. The van der Waals surface area contributed by atoms with E-state index in [2.05, 4.69) is 19.9 Å². The second-order valence-corrected chi connectivity index (χ2v) is 8.36. The van der Waals surface area contributed by atoms with Crippen LogP contribution in [0.4, 0.5) is 5.69 Å². The lowest BCUT2D eigenvalue weighted by Gasteiger charge is -2.38. The molecule has 2 aliphatic rings. The Morgan fingerprint density at radius 1 is 1.08 bits per heavy atom. The fourth-order valence-corrected chi connectivity index (χ4v) is 5.01. The molecule has 2 aromatic rings. The van der Waals surface area contributed by atoms with E-state index in [0.717, 1.165) is 38.2 Å². The van der Waals surface area contributed by atoms with Crippen LogP contribution in [0, 0.1) is 5.92 Å². The summed E-state index contributed by atoms with van der Waals surface area (Å²) in [4.78, 5) is 7.09. The number of nitrogens with zero attached hydrogens (tertiary/aromatic N) is 2. The number of pyridine rings is 1. The smallest absolute Gasteiger partial charge is 0.244 e. The van der Waals surface area contributed by atoms with Gasteiger partial charge in [0, 0.05) is 12.7 Å². The predicted octanol–water partition coefficient (Wildman–Crippen LogP) is 2.02. The van der Waals surface area contributed by atoms with Gasteiger partial charge in [-0.1, -0.05) is 18.2 Å². The minimum Gasteiger partial charge on any atom is -0.368 e.